The lowest BCUT2D eigenvalue weighted by molar-refractivity contribution is -0.122. The van der Waals surface area contributed by atoms with E-state index in [1.807, 2.05) is 0 Å². The van der Waals surface area contributed by atoms with E-state index in [9.17, 15) is 14.0 Å². The van der Waals surface area contributed by atoms with E-state index in [4.69, 9.17) is 4.42 Å². The number of halogens is 1. The first-order chi connectivity index (χ1) is 10.5. The van der Waals surface area contributed by atoms with Crippen molar-refractivity contribution in [3.05, 3.63) is 59.3 Å². The van der Waals surface area contributed by atoms with Crippen LogP contribution in [0.2, 0.25) is 0 Å². The van der Waals surface area contributed by atoms with Crippen LogP contribution in [-0.2, 0) is 11.3 Å². The van der Waals surface area contributed by atoms with Gasteiger partial charge in [-0.25, -0.2) is 4.39 Å². The van der Waals surface area contributed by atoms with Crippen molar-refractivity contribution in [1.82, 2.24) is 10.6 Å². The maximum atomic E-state index is 13.4. The Hall–Kier alpha value is -2.63. The van der Waals surface area contributed by atoms with Crippen LogP contribution in [0.15, 0.2) is 41.0 Å². The highest BCUT2D eigenvalue weighted by atomic mass is 19.1. The molecule has 1 aromatic carbocycles. The van der Waals surface area contributed by atoms with Crippen molar-refractivity contribution in [3.8, 4) is 0 Å². The van der Waals surface area contributed by atoms with Crippen molar-refractivity contribution >= 4 is 11.8 Å². The van der Waals surface area contributed by atoms with Crippen molar-refractivity contribution in [2.24, 2.45) is 0 Å². The number of rotatable bonds is 5. The monoisotopic (exact) mass is 304 g/mol. The molecule has 0 aliphatic carbocycles. The Morgan fingerprint density at radius 1 is 1.32 bits per heavy atom. The SMILES string of the molecule is Cc1ccc(C(=O)NC(C)C(=O)NCc2ccco2)cc1F. The molecular formula is C16H17FN2O3. The van der Waals surface area contributed by atoms with Crippen molar-refractivity contribution in [2.75, 3.05) is 0 Å². The van der Waals surface area contributed by atoms with E-state index in [0.717, 1.165) is 6.07 Å². The summed E-state index contributed by atoms with van der Waals surface area (Å²) in [6, 6.07) is 6.90. The van der Waals surface area contributed by atoms with Gasteiger partial charge in [0.05, 0.1) is 12.8 Å². The third-order valence-corrected chi connectivity index (χ3v) is 3.19. The molecule has 0 radical (unpaired) electrons. The number of amides is 2. The zero-order valence-corrected chi connectivity index (χ0v) is 12.4. The number of hydrogen-bond donors (Lipinski definition) is 2. The second-order valence-electron chi connectivity index (χ2n) is 4.96. The van der Waals surface area contributed by atoms with E-state index in [2.05, 4.69) is 10.6 Å². The molecule has 2 aromatic rings. The number of hydrogen-bond acceptors (Lipinski definition) is 3. The van der Waals surface area contributed by atoms with Crippen molar-refractivity contribution in [2.45, 2.75) is 26.4 Å². The second-order valence-corrected chi connectivity index (χ2v) is 4.96. The third kappa shape index (κ3) is 3.94. The van der Waals surface area contributed by atoms with Crippen molar-refractivity contribution in [1.29, 1.82) is 0 Å². The van der Waals surface area contributed by atoms with E-state index in [0.29, 0.717) is 11.3 Å². The van der Waals surface area contributed by atoms with Crippen LogP contribution in [0.3, 0.4) is 0 Å². The van der Waals surface area contributed by atoms with Gasteiger partial charge in [0.2, 0.25) is 5.91 Å². The fourth-order valence-corrected chi connectivity index (χ4v) is 1.82. The summed E-state index contributed by atoms with van der Waals surface area (Å²) in [4.78, 5) is 23.9. The highest BCUT2D eigenvalue weighted by Gasteiger charge is 2.17. The summed E-state index contributed by atoms with van der Waals surface area (Å²) in [6.07, 6.45) is 1.51. The Bertz CT molecular complexity index is 668. The Morgan fingerprint density at radius 2 is 2.09 bits per heavy atom. The van der Waals surface area contributed by atoms with E-state index in [-0.39, 0.29) is 18.0 Å². The molecule has 1 atom stereocenters. The smallest absolute Gasteiger partial charge is 0.252 e. The average Bonchev–Trinajstić information content (AvgIpc) is 3.00. The van der Waals surface area contributed by atoms with E-state index < -0.39 is 17.8 Å². The van der Waals surface area contributed by atoms with Crippen LogP contribution in [0.1, 0.15) is 28.6 Å². The molecule has 6 heteroatoms. The van der Waals surface area contributed by atoms with Crippen molar-refractivity contribution < 1.29 is 18.4 Å². The van der Waals surface area contributed by atoms with Gasteiger partial charge in [-0.15, -0.1) is 0 Å². The van der Waals surface area contributed by atoms with Crippen LogP contribution in [0, 0.1) is 12.7 Å². The summed E-state index contributed by atoms with van der Waals surface area (Å²) >= 11 is 0. The maximum absolute atomic E-state index is 13.4. The van der Waals surface area contributed by atoms with Crippen LogP contribution >= 0.6 is 0 Å². The van der Waals surface area contributed by atoms with Gasteiger partial charge in [0.25, 0.3) is 5.91 Å². The van der Waals surface area contributed by atoms with Crippen LogP contribution < -0.4 is 10.6 Å². The number of carbonyl (C=O) groups is 2. The molecule has 116 valence electrons. The Balaban J connectivity index is 1.89. The lowest BCUT2D eigenvalue weighted by Crippen LogP contribution is -2.44. The largest absolute Gasteiger partial charge is 0.467 e. The molecule has 2 rings (SSSR count). The quantitative estimate of drug-likeness (QED) is 0.889. The van der Waals surface area contributed by atoms with E-state index >= 15 is 0 Å². The number of nitrogens with one attached hydrogen (secondary N) is 2. The maximum Gasteiger partial charge on any atom is 0.252 e. The molecule has 1 aromatic heterocycles. The lowest BCUT2D eigenvalue weighted by atomic mass is 10.1. The topological polar surface area (TPSA) is 71.3 Å². The van der Waals surface area contributed by atoms with Crippen LogP contribution in [0.25, 0.3) is 0 Å². The Kier molecular flexibility index (Phi) is 4.93. The van der Waals surface area contributed by atoms with Crippen LogP contribution in [0.5, 0.6) is 0 Å². The van der Waals surface area contributed by atoms with E-state index in [1.165, 1.54) is 18.4 Å². The molecule has 22 heavy (non-hydrogen) atoms. The minimum Gasteiger partial charge on any atom is -0.467 e. The van der Waals surface area contributed by atoms with Crippen LogP contribution in [-0.4, -0.2) is 17.9 Å². The van der Waals surface area contributed by atoms with Gasteiger partial charge in [0.1, 0.15) is 17.6 Å². The summed E-state index contributed by atoms with van der Waals surface area (Å²) in [6.45, 7) is 3.41. The number of carbonyl (C=O) groups excluding carboxylic acids is 2. The fraction of sp³-hybridized carbons (Fsp3) is 0.250. The standard InChI is InChI=1S/C16H17FN2O3/c1-10-5-6-12(8-14(10)17)16(21)19-11(2)15(20)18-9-13-4-3-7-22-13/h3-8,11H,9H2,1-2H3,(H,18,20)(H,19,21). The predicted molar refractivity (Wildman–Crippen MR) is 78.6 cm³/mol. The first-order valence-electron chi connectivity index (χ1n) is 6.84. The number of furan rings is 1. The zero-order valence-electron chi connectivity index (χ0n) is 12.4. The van der Waals surface area contributed by atoms with Gasteiger partial charge >= 0.3 is 0 Å². The molecule has 2 N–H and O–H groups in total. The lowest BCUT2D eigenvalue weighted by Gasteiger charge is -2.14. The van der Waals surface area contributed by atoms with Crippen molar-refractivity contribution in [3.63, 3.8) is 0 Å². The Morgan fingerprint density at radius 3 is 2.73 bits per heavy atom. The summed E-state index contributed by atoms with van der Waals surface area (Å²) in [5.74, 6) is -0.688. The summed E-state index contributed by atoms with van der Waals surface area (Å²) in [5.41, 5.74) is 0.634. The molecule has 0 saturated carbocycles. The minimum atomic E-state index is -0.744. The van der Waals surface area contributed by atoms with E-state index in [1.54, 1.807) is 26.0 Å². The molecule has 5 nitrogen and oxygen atoms in total. The van der Waals surface area contributed by atoms with Gasteiger partial charge in [-0.05, 0) is 43.7 Å². The molecule has 2 amide bonds. The Labute approximate surface area is 127 Å². The summed E-state index contributed by atoms with van der Waals surface area (Å²) in [7, 11) is 0. The van der Waals surface area contributed by atoms with Gasteiger partial charge in [-0.2, -0.15) is 0 Å². The molecule has 0 fully saturated rings. The van der Waals surface area contributed by atoms with Gasteiger partial charge in [0.15, 0.2) is 0 Å². The first kappa shape index (κ1) is 15.8. The zero-order chi connectivity index (χ0) is 16.1. The van der Waals surface area contributed by atoms with Crippen LogP contribution in [0.4, 0.5) is 4.39 Å². The molecule has 0 bridgehead atoms. The van der Waals surface area contributed by atoms with Gasteiger partial charge in [-0.1, -0.05) is 6.07 Å². The summed E-state index contributed by atoms with van der Waals surface area (Å²) < 4.78 is 18.5. The number of benzene rings is 1. The molecule has 0 saturated heterocycles. The van der Waals surface area contributed by atoms with Gasteiger partial charge in [0, 0.05) is 5.56 Å². The molecule has 1 heterocycles. The highest BCUT2D eigenvalue weighted by Crippen LogP contribution is 2.09. The highest BCUT2D eigenvalue weighted by molar-refractivity contribution is 5.97. The summed E-state index contributed by atoms with van der Waals surface area (Å²) in [5, 5.41) is 5.17. The predicted octanol–water partition coefficient (Wildman–Crippen LogP) is 2.16. The second kappa shape index (κ2) is 6.89. The molecular weight excluding hydrogens is 287 g/mol. The van der Waals surface area contributed by atoms with Gasteiger partial charge < -0.3 is 15.1 Å². The molecule has 0 spiro atoms. The number of aryl methyl sites for hydroxylation is 1. The molecule has 0 aliphatic heterocycles. The third-order valence-electron chi connectivity index (χ3n) is 3.19. The average molecular weight is 304 g/mol. The molecule has 1 unspecified atom stereocenters. The van der Waals surface area contributed by atoms with Gasteiger partial charge in [-0.3, -0.25) is 9.59 Å². The molecule has 0 aliphatic rings. The minimum absolute atomic E-state index is 0.175. The fourth-order valence-electron chi connectivity index (χ4n) is 1.82. The normalized spacial score (nSPS) is 11.8. The first-order valence-corrected chi connectivity index (χ1v) is 6.84.